The van der Waals surface area contributed by atoms with Crippen molar-refractivity contribution in [3.63, 3.8) is 0 Å². The lowest BCUT2D eigenvalue weighted by Gasteiger charge is -2.52. The van der Waals surface area contributed by atoms with Gasteiger partial charge < -0.3 is 5.32 Å². The molecule has 0 aromatic rings. The van der Waals surface area contributed by atoms with Crippen LogP contribution in [-0.2, 0) is 4.79 Å². The zero-order valence-corrected chi connectivity index (χ0v) is 8.72. The highest BCUT2D eigenvalue weighted by Crippen LogP contribution is 2.53. The zero-order chi connectivity index (χ0) is 9.60. The molecule has 4 aliphatic rings. The lowest BCUT2D eigenvalue weighted by Crippen LogP contribution is -2.58. The van der Waals surface area contributed by atoms with Gasteiger partial charge in [0.05, 0.1) is 0 Å². The van der Waals surface area contributed by atoms with Crippen molar-refractivity contribution in [2.75, 3.05) is 6.54 Å². The van der Waals surface area contributed by atoms with Crippen molar-refractivity contribution < 1.29 is 4.79 Å². The normalized spacial score (nSPS) is 42.0. The van der Waals surface area contributed by atoms with E-state index in [0.29, 0.717) is 17.2 Å². The van der Waals surface area contributed by atoms with Crippen LogP contribution in [0.4, 0.5) is 0 Å². The third-order valence-electron chi connectivity index (χ3n) is 4.56. The molecule has 0 aromatic heterocycles. The molecular weight excluding hydrogens is 174 g/mol. The Morgan fingerprint density at radius 1 is 1.29 bits per heavy atom. The van der Waals surface area contributed by atoms with Crippen LogP contribution >= 0.6 is 0 Å². The number of rotatable bonds is 2. The van der Waals surface area contributed by atoms with Gasteiger partial charge in [-0.1, -0.05) is 25.7 Å². The quantitative estimate of drug-likeness (QED) is 0.715. The number of carbonyl (C=O) groups excluding carboxylic acids is 1. The highest BCUT2D eigenvalue weighted by Gasteiger charge is 2.51. The summed E-state index contributed by atoms with van der Waals surface area (Å²) in [5.41, 5.74) is 0.535. The van der Waals surface area contributed by atoms with E-state index in [-0.39, 0.29) is 0 Å². The molecule has 1 amide bonds. The van der Waals surface area contributed by atoms with Crippen molar-refractivity contribution in [1.29, 1.82) is 0 Å². The number of hydrogen-bond donors (Lipinski definition) is 1. The van der Waals surface area contributed by atoms with Gasteiger partial charge >= 0.3 is 0 Å². The molecule has 2 heterocycles. The molecule has 4 rings (SSSR count). The second-order valence-electron chi connectivity index (χ2n) is 5.68. The summed E-state index contributed by atoms with van der Waals surface area (Å²) in [5.74, 6) is 1.68. The molecule has 1 N–H and O–H groups in total. The van der Waals surface area contributed by atoms with Crippen LogP contribution in [0.1, 0.15) is 44.9 Å². The van der Waals surface area contributed by atoms with E-state index in [1.165, 1.54) is 44.9 Å². The van der Waals surface area contributed by atoms with Crippen molar-refractivity contribution in [3.8, 4) is 0 Å². The number of hydrogen-bond acceptors (Lipinski definition) is 1. The second-order valence-corrected chi connectivity index (χ2v) is 5.68. The number of nitrogens with one attached hydrogen (secondary N) is 1. The molecular formula is C12H19NO. The third-order valence-corrected chi connectivity index (χ3v) is 4.56. The Bertz CT molecular complexity index is 244. The van der Waals surface area contributed by atoms with Crippen molar-refractivity contribution in [1.82, 2.24) is 5.32 Å². The van der Waals surface area contributed by atoms with Crippen LogP contribution in [0.25, 0.3) is 0 Å². The second kappa shape index (κ2) is 2.98. The predicted molar refractivity (Wildman–Crippen MR) is 54.7 cm³/mol. The summed E-state index contributed by atoms with van der Waals surface area (Å²) in [6, 6.07) is 0. The van der Waals surface area contributed by atoms with Gasteiger partial charge in [0, 0.05) is 12.5 Å². The maximum Gasteiger partial charge on any atom is 0.223 e. The van der Waals surface area contributed by atoms with Crippen LogP contribution in [-0.4, -0.2) is 12.5 Å². The molecule has 0 atom stereocenters. The van der Waals surface area contributed by atoms with Crippen LogP contribution in [0.2, 0.25) is 0 Å². The minimum atomic E-state index is 0.318. The molecule has 2 heteroatoms. The fourth-order valence-electron chi connectivity index (χ4n) is 3.80. The van der Waals surface area contributed by atoms with Crippen LogP contribution in [0, 0.1) is 17.3 Å². The Kier molecular flexibility index (Phi) is 1.86. The van der Waals surface area contributed by atoms with Crippen LogP contribution < -0.4 is 5.32 Å². The monoisotopic (exact) mass is 193 g/mol. The van der Waals surface area contributed by atoms with E-state index in [1.807, 2.05) is 0 Å². The average Bonchev–Trinajstić information content (AvgIpc) is 2.59. The molecule has 2 bridgehead atoms. The molecule has 78 valence electrons. The van der Waals surface area contributed by atoms with Crippen LogP contribution in [0.5, 0.6) is 0 Å². The topological polar surface area (TPSA) is 29.1 Å². The molecule has 2 aliphatic carbocycles. The molecule has 14 heavy (non-hydrogen) atoms. The smallest absolute Gasteiger partial charge is 0.223 e. The van der Waals surface area contributed by atoms with Gasteiger partial charge in [0.15, 0.2) is 0 Å². The van der Waals surface area contributed by atoms with Crippen LogP contribution in [0.15, 0.2) is 0 Å². The first kappa shape index (κ1) is 8.75. The van der Waals surface area contributed by atoms with E-state index < -0.39 is 0 Å². The van der Waals surface area contributed by atoms with E-state index in [1.54, 1.807) is 0 Å². The highest BCUT2D eigenvalue weighted by molar-refractivity contribution is 5.81. The first-order valence-electron chi connectivity index (χ1n) is 6.05. The summed E-state index contributed by atoms with van der Waals surface area (Å²) in [5, 5.41) is 3.06. The van der Waals surface area contributed by atoms with Gasteiger partial charge in [0.1, 0.15) is 0 Å². The van der Waals surface area contributed by atoms with E-state index in [0.717, 1.165) is 12.5 Å². The standard InChI is InChI=1S/C12H19NO/c14-11-10-6-12(7-10,8-13-11)5-9-3-1-2-4-9/h9-10H,1-8H2,(H,13,14). The fourth-order valence-corrected chi connectivity index (χ4v) is 3.80. The lowest BCUT2D eigenvalue weighted by molar-refractivity contribution is -0.142. The number of piperidine rings is 2. The molecule has 4 fully saturated rings. The molecule has 2 aliphatic heterocycles. The van der Waals surface area contributed by atoms with Crippen LogP contribution in [0.3, 0.4) is 0 Å². The van der Waals surface area contributed by atoms with Gasteiger partial charge in [0.25, 0.3) is 0 Å². The van der Waals surface area contributed by atoms with E-state index >= 15 is 0 Å². The van der Waals surface area contributed by atoms with Gasteiger partial charge in [-0.15, -0.1) is 0 Å². The Balaban J connectivity index is 1.61. The Morgan fingerprint density at radius 3 is 2.57 bits per heavy atom. The van der Waals surface area contributed by atoms with Gasteiger partial charge in [0.2, 0.25) is 5.91 Å². The lowest BCUT2D eigenvalue weighted by atomic mass is 9.56. The van der Waals surface area contributed by atoms with Crippen molar-refractivity contribution in [3.05, 3.63) is 0 Å². The van der Waals surface area contributed by atoms with E-state index in [9.17, 15) is 4.79 Å². The molecule has 0 unspecified atom stereocenters. The molecule has 2 saturated heterocycles. The maximum atomic E-state index is 11.3. The maximum absolute atomic E-state index is 11.3. The minimum absolute atomic E-state index is 0.318. The third kappa shape index (κ3) is 1.27. The summed E-state index contributed by atoms with van der Waals surface area (Å²) in [7, 11) is 0. The first-order chi connectivity index (χ1) is 6.77. The highest BCUT2D eigenvalue weighted by atomic mass is 16.2. The number of fused-ring (bicyclic) bond motifs is 2. The first-order valence-corrected chi connectivity index (χ1v) is 6.05. The number of carbonyl (C=O) groups is 1. The summed E-state index contributed by atoms with van der Waals surface area (Å²) in [4.78, 5) is 11.3. The van der Waals surface area contributed by atoms with E-state index in [2.05, 4.69) is 5.32 Å². The molecule has 2 nitrogen and oxygen atoms in total. The predicted octanol–water partition coefficient (Wildman–Crippen LogP) is 2.09. The minimum Gasteiger partial charge on any atom is -0.355 e. The summed E-state index contributed by atoms with van der Waals surface area (Å²) in [6.07, 6.45) is 9.54. The SMILES string of the molecule is O=C1NCC2(CC3CCCC3)CC1C2. The van der Waals surface area contributed by atoms with Gasteiger partial charge in [-0.2, -0.15) is 0 Å². The van der Waals surface area contributed by atoms with Crippen molar-refractivity contribution in [2.45, 2.75) is 44.9 Å². The Hall–Kier alpha value is -0.530. The molecule has 0 radical (unpaired) electrons. The molecule has 0 spiro atoms. The Morgan fingerprint density at radius 2 is 2.00 bits per heavy atom. The van der Waals surface area contributed by atoms with Crippen molar-refractivity contribution >= 4 is 5.91 Å². The average molecular weight is 193 g/mol. The molecule has 0 aromatic carbocycles. The Labute approximate surface area is 85.4 Å². The van der Waals surface area contributed by atoms with Gasteiger partial charge in [-0.25, -0.2) is 0 Å². The summed E-state index contributed by atoms with van der Waals surface area (Å²) >= 11 is 0. The summed E-state index contributed by atoms with van der Waals surface area (Å²) in [6.45, 7) is 0.971. The fraction of sp³-hybridized carbons (Fsp3) is 0.917. The van der Waals surface area contributed by atoms with Gasteiger partial charge in [-0.05, 0) is 30.6 Å². The van der Waals surface area contributed by atoms with Gasteiger partial charge in [-0.3, -0.25) is 4.79 Å². The molecule has 2 saturated carbocycles. The number of amides is 1. The van der Waals surface area contributed by atoms with Crippen molar-refractivity contribution in [2.24, 2.45) is 17.3 Å². The zero-order valence-electron chi connectivity index (χ0n) is 8.72. The summed E-state index contributed by atoms with van der Waals surface area (Å²) < 4.78 is 0. The van der Waals surface area contributed by atoms with E-state index in [4.69, 9.17) is 0 Å². The largest absolute Gasteiger partial charge is 0.355 e.